The standard InChI is InChI=1S/C4H10NO2S.Li/c1-2-3-4-8(5,6)7;/h2-4H2,1H3,(H-,5,6,7);/q-1;+1. The summed E-state index contributed by atoms with van der Waals surface area (Å²) < 4.78 is 20.1. The van der Waals surface area contributed by atoms with Crippen LogP contribution in [0.5, 0.6) is 0 Å². The second-order valence-corrected chi connectivity index (χ2v) is 3.31. The molecule has 0 aliphatic rings. The van der Waals surface area contributed by atoms with Crippen molar-refractivity contribution in [3.8, 4) is 0 Å². The van der Waals surface area contributed by atoms with Crippen LogP contribution in [0.3, 0.4) is 0 Å². The van der Waals surface area contributed by atoms with Crippen LogP contribution in [0.4, 0.5) is 0 Å². The van der Waals surface area contributed by atoms with Crippen LogP contribution >= 0.6 is 0 Å². The van der Waals surface area contributed by atoms with Crippen molar-refractivity contribution in [3.63, 3.8) is 0 Å². The molecule has 3 nitrogen and oxygen atoms in total. The predicted octanol–water partition coefficient (Wildman–Crippen LogP) is -1.83. The van der Waals surface area contributed by atoms with Gasteiger partial charge in [0.1, 0.15) is 0 Å². The maximum absolute atomic E-state index is 10.1. The molecule has 0 saturated heterocycles. The maximum atomic E-state index is 10.1. The van der Waals surface area contributed by atoms with E-state index in [0.29, 0.717) is 6.42 Å². The average molecular weight is 143 g/mol. The van der Waals surface area contributed by atoms with E-state index in [2.05, 4.69) is 0 Å². The van der Waals surface area contributed by atoms with Crippen molar-refractivity contribution >= 4 is 10.0 Å². The molecule has 9 heavy (non-hydrogen) atoms. The van der Waals surface area contributed by atoms with Crippen LogP contribution in [0.15, 0.2) is 0 Å². The van der Waals surface area contributed by atoms with Crippen molar-refractivity contribution in [2.45, 2.75) is 19.8 Å². The normalized spacial score (nSPS) is 10.4. The molecule has 1 N–H and O–H groups in total. The first kappa shape index (κ1) is 12.2. The Morgan fingerprint density at radius 2 is 1.89 bits per heavy atom. The number of hydrogen-bond donors (Lipinski definition) is 0. The smallest absolute Gasteiger partial charge is 0.564 e. The fraction of sp³-hybridized carbons (Fsp3) is 1.00. The molecule has 0 aromatic carbocycles. The SMILES string of the molecule is CCCCS([NH-])(=O)=O.[Li+]. The number of hydrogen-bond acceptors (Lipinski definition) is 2. The molecule has 0 aliphatic heterocycles. The quantitative estimate of drug-likeness (QED) is 0.436. The van der Waals surface area contributed by atoms with Crippen molar-refractivity contribution in [2.75, 3.05) is 5.75 Å². The summed E-state index contributed by atoms with van der Waals surface area (Å²) >= 11 is 0. The van der Waals surface area contributed by atoms with Crippen LogP contribution in [-0.4, -0.2) is 14.2 Å². The van der Waals surface area contributed by atoms with Crippen LogP contribution in [0.2, 0.25) is 0 Å². The molecule has 0 saturated carbocycles. The van der Waals surface area contributed by atoms with Crippen molar-refractivity contribution in [3.05, 3.63) is 5.14 Å². The van der Waals surface area contributed by atoms with Crippen LogP contribution in [0.25, 0.3) is 5.14 Å². The molecule has 0 aromatic rings. The van der Waals surface area contributed by atoms with Gasteiger partial charge in [-0.25, -0.2) is 8.42 Å². The van der Waals surface area contributed by atoms with Crippen LogP contribution < -0.4 is 18.9 Å². The summed E-state index contributed by atoms with van der Waals surface area (Å²) in [5, 5.41) is 6.41. The van der Waals surface area contributed by atoms with E-state index in [9.17, 15) is 8.42 Å². The molecule has 0 aliphatic carbocycles. The molecule has 5 heteroatoms. The van der Waals surface area contributed by atoms with Gasteiger partial charge >= 0.3 is 18.9 Å². The van der Waals surface area contributed by atoms with Crippen LogP contribution in [0.1, 0.15) is 19.8 Å². The van der Waals surface area contributed by atoms with E-state index in [1.165, 1.54) is 0 Å². The molecule has 50 valence electrons. The molecule has 0 fully saturated rings. The van der Waals surface area contributed by atoms with Crippen molar-refractivity contribution in [2.24, 2.45) is 0 Å². The summed E-state index contributed by atoms with van der Waals surface area (Å²) in [6.45, 7) is 1.89. The van der Waals surface area contributed by atoms with Crippen LogP contribution in [0, 0.1) is 0 Å². The third-order valence-corrected chi connectivity index (χ3v) is 1.59. The molecular formula is C4H10LiNO2S. The van der Waals surface area contributed by atoms with E-state index < -0.39 is 10.0 Å². The van der Waals surface area contributed by atoms with E-state index in [-0.39, 0.29) is 24.6 Å². The van der Waals surface area contributed by atoms with Crippen molar-refractivity contribution in [1.82, 2.24) is 0 Å². The van der Waals surface area contributed by atoms with Crippen molar-refractivity contribution in [1.29, 1.82) is 0 Å². The Kier molecular flexibility index (Phi) is 7.20. The Hall–Kier alpha value is 0.507. The van der Waals surface area contributed by atoms with Gasteiger partial charge in [0.25, 0.3) is 0 Å². The van der Waals surface area contributed by atoms with Gasteiger partial charge in [0.05, 0.1) is 10.0 Å². The monoisotopic (exact) mass is 143 g/mol. The topological polar surface area (TPSA) is 57.9 Å². The zero-order valence-electron chi connectivity index (χ0n) is 5.85. The van der Waals surface area contributed by atoms with Gasteiger partial charge < -0.3 is 5.14 Å². The van der Waals surface area contributed by atoms with E-state index in [1.54, 1.807) is 0 Å². The molecule has 0 heterocycles. The number of rotatable bonds is 3. The second-order valence-electron chi connectivity index (χ2n) is 1.67. The molecule has 0 radical (unpaired) electrons. The van der Waals surface area contributed by atoms with Gasteiger partial charge in [-0.1, -0.05) is 13.3 Å². The van der Waals surface area contributed by atoms with Gasteiger partial charge in [0.15, 0.2) is 0 Å². The Bertz CT molecular complexity index is 143. The van der Waals surface area contributed by atoms with Gasteiger partial charge in [0.2, 0.25) is 0 Å². The molecule has 0 unspecified atom stereocenters. The first-order valence-corrected chi connectivity index (χ1v) is 4.19. The average Bonchev–Trinajstić information content (AvgIpc) is 1.59. The van der Waals surface area contributed by atoms with Gasteiger partial charge in [0, 0.05) is 5.75 Å². The summed E-state index contributed by atoms with van der Waals surface area (Å²) in [5.41, 5.74) is 0. The second kappa shape index (κ2) is 5.30. The molecule has 0 amide bonds. The third kappa shape index (κ3) is 11.9. The molecule has 0 spiro atoms. The van der Waals surface area contributed by atoms with Gasteiger partial charge in [-0.2, -0.15) is 0 Å². The number of unbranched alkanes of at least 4 members (excludes halogenated alkanes) is 1. The van der Waals surface area contributed by atoms with Gasteiger partial charge in [-0.3, -0.25) is 0 Å². The molecule has 0 aromatic heterocycles. The molecular weight excluding hydrogens is 133 g/mol. The Morgan fingerprint density at radius 3 is 2.00 bits per heavy atom. The number of sulfonamides is 1. The zero-order chi connectivity index (χ0) is 6.62. The van der Waals surface area contributed by atoms with Crippen molar-refractivity contribution < 1.29 is 27.3 Å². The van der Waals surface area contributed by atoms with E-state index in [0.717, 1.165) is 6.42 Å². The summed E-state index contributed by atoms with van der Waals surface area (Å²) in [7, 11) is -3.44. The minimum Gasteiger partial charge on any atom is -0.564 e. The minimum absolute atomic E-state index is 0. The first-order chi connectivity index (χ1) is 3.56. The number of nitrogens with one attached hydrogen (secondary N) is 1. The van der Waals surface area contributed by atoms with E-state index in [4.69, 9.17) is 5.14 Å². The minimum atomic E-state index is -3.44. The maximum Gasteiger partial charge on any atom is 1.00 e. The van der Waals surface area contributed by atoms with E-state index >= 15 is 0 Å². The molecule has 0 bridgehead atoms. The predicted molar refractivity (Wildman–Crippen MR) is 33.0 cm³/mol. The first-order valence-electron chi connectivity index (χ1n) is 2.53. The largest absolute Gasteiger partial charge is 1.00 e. The Labute approximate surface area is 68.2 Å². The summed E-state index contributed by atoms with van der Waals surface area (Å²) in [4.78, 5) is 0. The zero-order valence-corrected chi connectivity index (χ0v) is 6.66. The van der Waals surface area contributed by atoms with Crippen LogP contribution in [-0.2, 0) is 10.0 Å². The summed E-state index contributed by atoms with van der Waals surface area (Å²) in [6, 6.07) is 0. The van der Waals surface area contributed by atoms with Gasteiger partial charge in [-0.05, 0) is 6.42 Å². The fourth-order valence-corrected chi connectivity index (χ4v) is 1.00. The van der Waals surface area contributed by atoms with Gasteiger partial charge in [-0.15, -0.1) is 0 Å². The molecule has 0 rings (SSSR count). The summed E-state index contributed by atoms with van der Waals surface area (Å²) in [5.74, 6) is 0.00347. The third-order valence-electron chi connectivity index (χ3n) is 0.767. The molecule has 0 atom stereocenters. The Balaban J connectivity index is 0. The fourth-order valence-electron chi connectivity index (χ4n) is 0.334. The Morgan fingerprint density at radius 1 is 1.44 bits per heavy atom. The van der Waals surface area contributed by atoms with E-state index in [1.807, 2.05) is 6.92 Å². The summed E-state index contributed by atoms with van der Waals surface area (Å²) in [6.07, 6.45) is 1.43.